The maximum absolute atomic E-state index is 6.54. The van der Waals surface area contributed by atoms with E-state index in [0.717, 1.165) is 32.8 Å². The Hall–Kier alpha value is -4.86. The molecule has 0 unspecified atom stereocenters. The van der Waals surface area contributed by atoms with Crippen LogP contribution in [-0.2, 0) is 0 Å². The summed E-state index contributed by atoms with van der Waals surface area (Å²) < 4.78 is 0. The Kier molecular flexibility index (Phi) is 5.84. The largest absolute Gasteiger partial charge is 0.208 e. The van der Waals surface area contributed by atoms with Gasteiger partial charge < -0.3 is 0 Å². The highest BCUT2D eigenvalue weighted by atomic mass is 35.5. The summed E-state index contributed by atoms with van der Waals surface area (Å²) in [5.74, 6) is 1.84. The molecule has 0 saturated carbocycles. The maximum atomic E-state index is 6.54. The lowest BCUT2D eigenvalue weighted by Gasteiger charge is -2.11. The van der Waals surface area contributed by atoms with E-state index in [4.69, 9.17) is 26.6 Å². The minimum Gasteiger partial charge on any atom is -0.208 e. The molecule has 7 aromatic rings. The summed E-state index contributed by atoms with van der Waals surface area (Å²) in [6.45, 7) is 0. The average Bonchev–Trinajstić information content (AvgIpc) is 3.00. The van der Waals surface area contributed by atoms with Crippen molar-refractivity contribution >= 4 is 33.1 Å². The molecule has 7 rings (SSSR count). The Bertz CT molecular complexity index is 1970. The zero-order valence-electron chi connectivity index (χ0n) is 20.9. The van der Waals surface area contributed by atoms with Crippen LogP contribution in [0.25, 0.3) is 66.8 Å². The molecule has 0 aliphatic rings. The van der Waals surface area contributed by atoms with Gasteiger partial charge in [-0.15, -0.1) is 0 Å². The van der Waals surface area contributed by atoms with Crippen LogP contribution in [0, 0.1) is 0 Å². The Balaban J connectivity index is 1.40. The Morgan fingerprint density at radius 2 is 0.949 bits per heavy atom. The standard InChI is InChI=1S/C35H22ClN3/c36-30-21-28-13-7-8-14-31(28)32(22-30)35-38-33(24-11-5-2-6-12-24)37-34(39-35)29-18-17-26-19-25(15-16-27(26)20-29)23-9-3-1-4-10-23/h1-22H. The van der Waals surface area contributed by atoms with Gasteiger partial charge in [-0.3, -0.25) is 0 Å². The summed E-state index contributed by atoms with van der Waals surface area (Å²) in [6, 6.07) is 45.4. The molecule has 0 fully saturated rings. The Labute approximate surface area is 231 Å². The molecule has 3 nitrogen and oxygen atoms in total. The lowest BCUT2D eigenvalue weighted by atomic mass is 10.00. The number of halogens is 1. The molecule has 4 heteroatoms. The third kappa shape index (κ3) is 4.54. The molecule has 0 bridgehead atoms. The lowest BCUT2D eigenvalue weighted by Crippen LogP contribution is -2.00. The first-order valence-electron chi connectivity index (χ1n) is 12.8. The number of nitrogens with zero attached hydrogens (tertiary/aromatic N) is 3. The molecule has 0 amide bonds. The number of benzene rings is 6. The molecule has 184 valence electrons. The normalized spacial score (nSPS) is 11.2. The van der Waals surface area contributed by atoms with Crippen molar-refractivity contribution in [2.45, 2.75) is 0 Å². The minimum atomic E-state index is 0.595. The highest BCUT2D eigenvalue weighted by Gasteiger charge is 2.15. The van der Waals surface area contributed by atoms with Gasteiger partial charge in [0.2, 0.25) is 0 Å². The predicted molar refractivity (Wildman–Crippen MR) is 162 cm³/mol. The summed E-state index contributed by atoms with van der Waals surface area (Å²) in [5.41, 5.74) is 5.14. The van der Waals surface area contributed by atoms with E-state index in [0.29, 0.717) is 22.5 Å². The zero-order chi connectivity index (χ0) is 26.2. The summed E-state index contributed by atoms with van der Waals surface area (Å²) >= 11 is 6.54. The number of aromatic nitrogens is 3. The van der Waals surface area contributed by atoms with Crippen molar-refractivity contribution in [1.82, 2.24) is 15.0 Å². The second-order valence-electron chi connectivity index (χ2n) is 9.49. The first kappa shape index (κ1) is 23.3. The van der Waals surface area contributed by atoms with Crippen molar-refractivity contribution in [3.63, 3.8) is 0 Å². The SMILES string of the molecule is Clc1cc(-c2nc(-c3ccccc3)nc(-c3ccc4cc(-c5ccccc5)ccc4c3)n2)c2ccccc2c1. The van der Waals surface area contributed by atoms with Gasteiger partial charge in [-0.2, -0.15) is 0 Å². The lowest BCUT2D eigenvalue weighted by molar-refractivity contribution is 1.08. The number of hydrogen-bond acceptors (Lipinski definition) is 3. The minimum absolute atomic E-state index is 0.595. The van der Waals surface area contributed by atoms with E-state index in [9.17, 15) is 0 Å². The van der Waals surface area contributed by atoms with Crippen LogP contribution < -0.4 is 0 Å². The molecular weight excluding hydrogens is 498 g/mol. The first-order valence-corrected chi connectivity index (χ1v) is 13.2. The highest BCUT2D eigenvalue weighted by Crippen LogP contribution is 2.33. The third-order valence-electron chi connectivity index (χ3n) is 6.94. The van der Waals surface area contributed by atoms with Gasteiger partial charge in [0.05, 0.1) is 0 Å². The maximum Gasteiger partial charge on any atom is 0.164 e. The molecule has 0 N–H and O–H groups in total. The first-order chi connectivity index (χ1) is 19.2. The van der Waals surface area contributed by atoms with E-state index in [1.54, 1.807) is 0 Å². The van der Waals surface area contributed by atoms with Gasteiger partial charge in [0.1, 0.15) is 0 Å². The van der Waals surface area contributed by atoms with E-state index in [1.807, 2.05) is 60.7 Å². The van der Waals surface area contributed by atoms with Crippen LogP contribution in [0.4, 0.5) is 0 Å². The molecular formula is C35H22ClN3. The summed E-state index contributed by atoms with van der Waals surface area (Å²) in [7, 11) is 0. The molecule has 0 spiro atoms. The fraction of sp³-hybridized carbons (Fsp3) is 0. The molecule has 0 radical (unpaired) electrons. The van der Waals surface area contributed by atoms with Crippen LogP contribution in [0.15, 0.2) is 133 Å². The summed E-state index contributed by atoms with van der Waals surface area (Å²) in [6.07, 6.45) is 0. The number of rotatable bonds is 4. The molecule has 0 saturated heterocycles. The van der Waals surface area contributed by atoms with Gasteiger partial charge in [0, 0.05) is 21.7 Å². The van der Waals surface area contributed by atoms with Crippen molar-refractivity contribution in [3.8, 4) is 45.3 Å². The van der Waals surface area contributed by atoms with Crippen LogP contribution in [0.1, 0.15) is 0 Å². The fourth-order valence-electron chi connectivity index (χ4n) is 5.00. The molecule has 1 heterocycles. The predicted octanol–water partition coefficient (Wildman–Crippen LogP) is 9.50. The smallest absolute Gasteiger partial charge is 0.164 e. The van der Waals surface area contributed by atoms with Crippen LogP contribution in [0.3, 0.4) is 0 Å². The van der Waals surface area contributed by atoms with Gasteiger partial charge >= 0.3 is 0 Å². The third-order valence-corrected chi connectivity index (χ3v) is 7.16. The second kappa shape index (κ2) is 9.79. The van der Waals surface area contributed by atoms with E-state index < -0.39 is 0 Å². The van der Waals surface area contributed by atoms with Gasteiger partial charge in [0.25, 0.3) is 0 Å². The Morgan fingerprint density at radius 3 is 1.69 bits per heavy atom. The number of hydrogen-bond donors (Lipinski definition) is 0. The molecule has 39 heavy (non-hydrogen) atoms. The van der Waals surface area contributed by atoms with Crippen molar-refractivity contribution in [2.24, 2.45) is 0 Å². The zero-order valence-corrected chi connectivity index (χ0v) is 21.7. The quantitative estimate of drug-likeness (QED) is 0.232. The molecule has 0 atom stereocenters. The average molecular weight is 520 g/mol. The highest BCUT2D eigenvalue weighted by molar-refractivity contribution is 6.32. The fourth-order valence-corrected chi connectivity index (χ4v) is 5.22. The van der Waals surface area contributed by atoms with Gasteiger partial charge in [-0.25, -0.2) is 15.0 Å². The van der Waals surface area contributed by atoms with Crippen LogP contribution in [-0.4, -0.2) is 15.0 Å². The molecule has 6 aromatic carbocycles. The van der Waals surface area contributed by atoms with Crippen LogP contribution >= 0.6 is 11.6 Å². The van der Waals surface area contributed by atoms with E-state index in [-0.39, 0.29) is 0 Å². The van der Waals surface area contributed by atoms with Gasteiger partial charge in [0.15, 0.2) is 17.5 Å². The van der Waals surface area contributed by atoms with Crippen LogP contribution in [0.5, 0.6) is 0 Å². The van der Waals surface area contributed by atoms with Crippen molar-refractivity contribution < 1.29 is 0 Å². The number of fused-ring (bicyclic) bond motifs is 2. The van der Waals surface area contributed by atoms with E-state index >= 15 is 0 Å². The van der Waals surface area contributed by atoms with E-state index in [1.165, 1.54) is 16.5 Å². The van der Waals surface area contributed by atoms with Crippen molar-refractivity contribution in [3.05, 3.63) is 138 Å². The summed E-state index contributed by atoms with van der Waals surface area (Å²) in [5, 5.41) is 5.03. The monoisotopic (exact) mass is 519 g/mol. The second-order valence-corrected chi connectivity index (χ2v) is 9.93. The van der Waals surface area contributed by atoms with Crippen LogP contribution in [0.2, 0.25) is 5.02 Å². The topological polar surface area (TPSA) is 38.7 Å². The Morgan fingerprint density at radius 1 is 0.385 bits per heavy atom. The van der Waals surface area contributed by atoms with Crippen molar-refractivity contribution in [2.75, 3.05) is 0 Å². The summed E-state index contributed by atoms with van der Waals surface area (Å²) in [4.78, 5) is 14.8. The molecule has 1 aromatic heterocycles. The molecule has 0 aliphatic heterocycles. The van der Waals surface area contributed by atoms with E-state index in [2.05, 4.69) is 72.8 Å². The molecule has 0 aliphatic carbocycles. The van der Waals surface area contributed by atoms with Gasteiger partial charge in [-0.05, 0) is 56.9 Å². The van der Waals surface area contributed by atoms with Crippen molar-refractivity contribution in [1.29, 1.82) is 0 Å². The van der Waals surface area contributed by atoms with Gasteiger partial charge in [-0.1, -0.05) is 121 Å².